The Labute approximate surface area is 213 Å². The Kier molecular flexibility index (Phi) is 11.2. The third kappa shape index (κ3) is 7.47. The highest BCUT2D eigenvalue weighted by Gasteiger charge is 2.24. The van der Waals surface area contributed by atoms with E-state index in [1.165, 1.54) is 0 Å². The third-order valence-corrected chi connectivity index (χ3v) is 5.56. The summed E-state index contributed by atoms with van der Waals surface area (Å²) in [6, 6.07) is 8.17. The van der Waals surface area contributed by atoms with Crippen LogP contribution in [-0.2, 0) is 11.3 Å². The van der Waals surface area contributed by atoms with E-state index >= 15 is 0 Å². The number of ether oxygens (including phenoxy) is 3. The standard InChI is InChI=1S/C23H35N5O4.HI/c1-16(2)19-13-18(32-27-19)14-25-23(24-3)26-15-20(28-8-10-31-11-9-28)17-6-7-21(29-4)22(12-17)30-5;/h6-7,12-13,16,20H,8-11,14-15H2,1-5H3,(H2,24,25,26);1H. The second-order valence-electron chi connectivity index (χ2n) is 7.96. The van der Waals surface area contributed by atoms with Crippen molar-refractivity contribution < 1.29 is 18.7 Å². The van der Waals surface area contributed by atoms with Crippen molar-refractivity contribution in [2.24, 2.45) is 4.99 Å². The van der Waals surface area contributed by atoms with E-state index in [0.29, 0.717) is 25.0 Å². The second kappa shape index (κ2) is 13.6. The van der Waals surface area contributed by atoms with Gasteiger partial charge in [-0.1, -0.05) is 25.1 Å². The Bertz CT molecular complexity index is 883. The van der Waals surface area contributed by atoms with E-state index in [-0.39, 0.29) is 30.0 Å². The van der Waals surface area contributed by atoms with Crippen molar-refractivity contribution in [3.05, 3.63) is 41.3 Å². The molecule has 1 unspecified atom stereocenters. The molecule has 1 aliphatic rings. The Morgan fingerprint density at radius 3 is 2.45 bits per heavy atom. The normalized spacial score (nSPS) is 15.6. The molecule has 1 aromatic heterocycles. The Morgan fingerprint density at radius 1 is 1.12 bits per heavy atom. The predicted octanol–water partition coefficient (Wildman–Crippen LogP) is 3.17. The first-order valence-corrected chi connectivity index (χ1v) is 11.0. The summed E-state index contributed by atoms with van der Waals surface area (Å²) in [6.07, 6.45) is 0. The van der Waals surface area contributed by atoms with Crippen LogP contribution in [0.1, 0.15) is 42.8 Å². The Balaban J connectivity index is 0.00000385. The first-order valence-electron chi connectivity index (χ1n) is 11.0. The minimum atomic E-state index is 0. The lowest BCUT2D eigenvalue weighted by molar-refractivity contribution is 0.0169. The summed E-state index contributed by atoms with van der Waals surface area (Å²) >= 11 is 0. The zero-order valence-corrected chi connectivity index (χ0v) is 22.4. The SMILES string of the molecule is CN=C(NCc1cc(C(C)C)no1)NCC(c1ccc(OC)c(OC)c1)N1CCOCC1.I. The number of aliphatic imine (C=N–C) groups is 1. The van der Waals surface area contributed by atoms with E-state index in [4.69, 9.17) is 18.7 Å². The zero-order valence-electron chi connectivity index (χ0n) is 20.1. The van der Waals surface area contributed by atoms with Gasteiger partial charge in [0.25, 0.3) is 0 Å². The number of methoxy groups -OCH3 is 2. The number of morpholine rings is 1. The molecule has 0 saturated carbocycles. The van der Waals surface area contributed by atoms with Gasteiger partial charge in [0.2, 0.25) is 0 Å². The molecule has 2 N–H and O–H groups in total. The summed E-state index contributed by atoms with van der Waals surface area (Å²) < 4.78 is 21.9. The van der Waals surface area contributed by atoms with E-state index in [1.54, 1.807) is 21.3 Å². The number of rotatable bonds is 9. The van der Waals surface area contributed by atoms with Gasteiger partial charge in [0.1, 0.15) is 0 Å². The van der Waals surface area contributed by atoms with Crippen LogP contribution < -0.4 is 20.1 Å². The van der Waals surface area contributed by atoms with Crippen molar-refractivity contribution in [2.45, 2.75) is 32.4 Å². The monoisotopic (exact) mass is 573 g/mol. The highest BCUT2D eigenvalue weighted by atomic mass is 127. The van der Waals surface area contributed by atoms with Crippen LogP contribution in [0.15, 0.2) is 33.8 Å². The second-order valence-corrected chi connectivity index (χ2v) is 7.96. The van der Waals surface area contributed by atoms with Gasteiger partial charge in [-0.3, -0.25) is 9.89 Å². The first kappa shape index (κ1) is 27.2. The maximum atomic E-state index is 5.56. The van der Waals surface area contributed by atoms with Crippen LogP contribution in [0.3, 0.4) is 0 Å². The van der Waals surface area contributed by atoms with E-state index in [0.717, 1.165) is 54.8 Å². The lowest BCUT2D eigenvalue weighted by atomic mass is 10.0. The number of nitrogens with zero attached hydrogens (tertiary/aromatic N) is 3. The maximum absolute atomic E-state index is 5.56. The van der Waals surface area contributed by atoms with Crippen molar-refractivity contribution in [1.29, 1.82) is 0 Å². The molecule has 1 atom stereocenters. The van der Waals surface area contributed by atoms with Crippen LogP contribution in [-0.4, -0.2) is 70.1 Å². The van der Waals surface area contributed by atoms with Gasteiger partial charge in [0.05, 0.1) is 45.7 Å². The summed E-state index contributed by atoms with van der Waals surface area (Å²) in [7, 11) is 5.06. The number of hydrogen-bond acceptors (Lipinski definition) is 7. The van der Waals surface area contributed by atoms with Crippen LogP contribution >= 0.6 is 24.0 Å². The predicted molar refractivity (Wildman–Crippen MR) is 139 cm³/mol. The van der Waals surface area contributed by atoms with E-state index in [9.17, 15) is 0 Å². The highest BCUT2D eigenvalue weighted by molar-refractivity contribution is 14.0. The van der Waals surface area contributed by atoms with Crippen LogP contribution in [0.5, 0.6) is 11.5 Å². The van der Waals surface area contributed by atoms with E-state index in [1.807, 2.05) is 18.2 Å². The highest BCUT2D eigenvalue weighted by Crippen LogP contribution is 2.32. The molecule has 9 nitrogen and oxygen atoms in total. The summed E-state index contributed by atoms with van der Waals surface area (Å²) in [5.41, 5.74) is 2.09. The molecular formula is C23H36IN5O4. The fraction of sp³-hybridized carbons (Fsp3) is 0.565. The Morgan fingerprint density at radius 2 is 1.85 bits per heavy atom. The summed E-state index contributed by atoms with van der Waals surface area (Å²) in [4.78, 5) is 6.77. The number of nitrogens with one attached hydrogen (secondary N) is 2. The molecule has 0 amide bonds. The Hall–Kier alpha value is -2.05. The van der Waals surface area contributed by atoms with Gasteiger partial charge in [-0.05, 0) is 23.6 Å². The molecule has 1 fully saturated rings. The zero-order chi connectivity index (χ0) is 22.9. The molecule has 1 aromatic carbocycles. The van der Waals surface area contributed by atoms with Gasteiger partial charge in [-0.15, -0.1) is 24.0 Å². The van der Waals surface area contributed by atoms with Gasteiger partial charge in [-0.2, -0.15) is 0 Å². The van der Waals surface area contributed by atoms with Gasteiger partial charge in [0.15, 0.2) is 23.2 Å². The number of aromatic nitrogens is 1. The van der Waals surface area contributed by atoms with Crippen molar-refractivity contribution in [1.82, 2.24) is 20.7 Å². The molecule has 184 valence electrons. The smallest absolute Gasteiger partial charge is 0.191 e. The van der Waals surface area contributed by atoms with Crippen LogP contribution in [0.25, 0.3) is 0 Å². The molecular weight excluding hydrogens is 537 g/mol. The van der Waals surface area contributed by atoms with Crippen molar-refractivity contribution in [3.63, 3.8) is 0 Å². The number of halogens is 1. The molecule has 0 bridgehead atoms. The topological polar surface area (TPSA) is 93.4 Å². The molecule has 1 saturated heterocycles. The summed E-state index contributed by atoms with van der Waals surface area (Å²) in [6.45, 7) is 8.54. The number of hydrogen-bond donors (Lipinski definition) is 2. The maximum Gasteiger partial charge on any atom is 0.191 e. The molecule has 1 aliphatic heterocycles. The van der Waals surface area contributed by atoms with Crippen LogP contribution in [0.2, 0.25) is 0 Å². The molecule has 0 spiro atoms. The van der Waals surface area contributed by atoms with Crippen LogP contribution in [0, 0.1) is 0 Å². The average molecular weight is 573 g/mol. The van der Waals surface area contributed by atoms with E-state index < -0.39 is 0 Å². The molecule has 2 heterocycles. The van der Waals surface area contributed by atoms with Crippen molar-refractivity contribution in [2.75, 3.05) is 54.1 Å². The molecule has 0 radical (unpaired) electrons. The fourth-order valence-corrected chi connectivity index (χ4v) is 3.68. The molecule has 0 aliphatic carbocycles. The minimum absolute atomic E-state index is 0. The fourth-order valence-electron chi connectivity index (χ4n) is 3.68. The number of benzene rings is 1. The van der Waals surface area contributed by atoms with Gasteiger partial charge < -0.3 is 29.4 Å². The van der Waals surface area contributed by atoms with Gasteiger partial charge in [-0.25, -0.2) is 0 Å². The molecule has 33 heavy (non-hydrogen) atoms. The third-order valence-electron chi connectivity index (χ3n) is 5.56. The summed E-state index contributed by atoms with van der Waals surface area (Å²) in [5, 5.41) is 10.9. The first-order chi connectivity index (χ1) is 15.5. The number of guanidine groups is 1. The average Bonchev–Trinajstić information content (AvgIpc) is 3.31. The largest absolute Gasteiger partial charge is 0.493 e. The summed E-state index contributed by atoms with van der Waals surface area (Å²) in [5.74, 6) is 3.25. The lowest BCUT2D eigenvalue weighted by Crippen LogP contribution is -2.46. The molecule has 2 aromatic rings. The van der Waals surface area contributed by atoms with Crippen LogP contribution in [0.4, 0.5) is 0 Å². The van der Waals surface area contributed by atoms with E-state index in [2.05, 4.69) is 45.6 Å². The van der Waals surface area contributed by atoms with Crippen molar-refractivity contribution in [3.8, 4) is 11.5 Å². The molecule has 10 heteroatoms. The van der Waals surface area contributed by atoms with Crippen molar-refractivity contribution >= 4 is 29.9 Å². The van der Waals surface area contributed by atoms with Gasteiger partial charge >= 0.3 is 0 Å². The molecule has 3 rings (SSSR count). The quantitative estimate of drug-likeness (QED) is 0.269. The lowest BCUT2D eigenvalue weighted by Gasteiger charge is -2.35. The van der Waals surface area contributed by atoms with Gasteiger partial charge in [0, 0.05) is 32.7 Å². The minimum Gasteiger partial charge on any atom is -0.493 e.